The van der Waals surface area contributed by atoms with Crippen LogP contribution in [0, 0.1) is 5.92 Å². The van der Waals surface area contributed by atoms with E-state index in [0.29, 0.717) is 19.1 Å². The highest BCUT2D eigenvalue weighted by atomic mass is 16.7. The van der Waals surface area contributed by atoms with Crippen LogP contribution in [0.3, 0.4) is 0 Å². The van der Waals surface area contributed by atoms with Gasteiger partial charge in [-0.1, -0.05) is 12.1 Å². The maximum atomic E-state index is 10.6. The number of carbonyl (C=O) groups is 1. The largest absolute Gasteiger partial charge is 0.454 e. The molecule has 3 nitrogen and oxygen atoms in total. The fourth-order valence-electron chi connectivity index (χ4n) is 2.65. The van der Waals surface area contributed by atoms with E-state index in [0.717, 1.165) is 37.0 Å². The van der Waals surface area contributed by atoms with Crippen molar-refractivity contribution >= 4 is 11.9 Å². The van der Waals surface area contributed by atoms with Gasteiger partial charge in [0.15, 0.2) is 11.5 Å². The highest BCUT2D eigenvalue weighted by Crippen LogP contribution is 2.37. The van der Waals surface area contributed by atoms with Crippen LogP contribution >= 0.6 is 0 Å². The second-order valence-corrected chi connectivity index (χ2v) is 4.81. The molecule has 1 heterocycles. The van der Waals surface area contributed by atoms with Crippen LogP contribution in [0.15, 0.2) is 24.3 Å². The Kier molecular flexibility index (Phi) is 3.05. The maximum absolute atomic E-state index is 10.6. The number of fused-ring (bicyclic) bond motifs is 1. The maximum Gasteiger partial charge on any atom is 0.231 e. The van der Waals surface area contributed by atoms with Gasteiger partial charge in [0.05, 0.1) is 0 Å². The van der Waals surface area contributed by atoms with Gasteiger partial charge in [-0.25, -0.2) is 0 Å². The van der Waals surface area contributed by atoms with E-state index in [1.807, 2.05) is 12.1 Å². The smallest absolute Gasteiger partial charge is 0.231 e. The highest BCUT2D eigenvalue weighted by molar-refractivity contribution is 5.69. The number of carbonyl (C=O) groups excluding carboxylic acids is 1. The van der Waals surface area contributed by atoms with Gasteiger partial charge in [0.1, 0.15) is 6.29 Å². The van der Waals surface area contributed by atoms with Crippen molar-refractivity contribution in [1.29, 1.82) is 0 Å². The lowest BCUT2D eigenvalue weighted by Gasteiger charge is -2.19. The number of allylic oxidation sites excluding steroid dienone is 2. The molecule has 1 aromatic rings. The van der Waals surface area contributed by atoms with E-state index in [9.17, 15) is 4.79 Å². The Labute approximate surface area is 106 Å². The van der Waals surface area contributed by atoms with E-state index in [2.05, 4.69) is 12.1 Å². The molecule has 0 saturated heterocycles. The molecule has 1 aliphatic heterocycles. The topological polar surface area (TPSA) is 35.5 Å². The van der Waals surface area contributed by atoms with Crippen molar-refractivity contribution in [2.75, 3.05) is 6.79 Å². The Morgan fingerprint density at radius 2 is 2.17 bits per heavy atom. The van der Waals surface area contributed by atoms with Gasteiger partial charge in [-0.2, -0.15) is 0 Å². The van der Waals surface area contributed by atoms with E-state index in [4.69, 9.17) is 9.47 Å². The first kappa shape index (κ1) is 11.3. The van der Waals surface area contributed by atoms with E-state index in [1.54, 1.807) is 0 Å². The summed E-state index contributed by atoms with van der Waals surface area (Å²) in [7, 11) is 0. The van der Waals surface area contributed by atoms with Crippen molar-refractivity contribution in [2.45, 2.75) is 25.7 Å². The summed E-state index contributed by atoms with van der Waals surface area (Å²) in [5.41, 5.74) is 2.52. The molecule has 0 amide bonds. The Bertz CT molecular complexity index is 491. The van der Waals surface area contributed by atoms with E-state index >= 15 is 0 Å². The molecule has 0 bridgehead atoms. The molecule has 94 valence electrons. The van der Waals surface area contributed by atoms with Crippen molar-refractivity contribution < 1.29 is 14.3 Å². The van der Waals surface area contributed by atoms with E-state index < -0.39 is 0 Å². The average Bonchev–Trinajstić information content (AvgIpc) is 2.86. The van der Waals surface area contributed by atoms with Gasteiger partial charge < -0.3 is 14.3 Å². The van der Waals surface area contributed by atoms with Crippen molar-refractivity contribution in [3.63, 3.8) is 0 Å². The Morgan fingerprint density at radius 3 is 3.06 bits per heavy atom. The molecule has 2 aliphatic rings. The number of hydrogen-bond donors (Lipinski definition) is 0. The summed E-state index contributed by atoms with van der Waals surface area (Å²) in [5.74, 6) is 2.04. The SMILES string of the molecule is O=CCC1C=C(c2ccc3c(c2)OCO3)CCC1. The number of rotatable bonds is 3. The third kappa shape index (κ3) is 2.13. The van der Waals surface area contributed by atoms with Crippen LogP contribution in [0.4, 0.5) is 0 Å². The Morgan fingerprint density at radius 1 is 1.28 bits per heavy atom. The van der Waals surface area contributed by atoms with Gasteiger partial charge >= 0.3 is 0 Å². The molecular weight excluding hydrogens is 228 g/mol. The van der Waals surface area contributed by atoms with Crippen molar-refractivity contribution in [3.8, 4) is 11.5 Å². The second-order valence-electron chi connectivity index (χ2n) is 4.81. The molecule has 0 fully saturated rings. The molecule has 0 N–H and O–H groups in total. The van der Waals surface area contributed by atoms with Gasteiger partial charge in [-0.15, -0.1) is 0 Å². The molecule has 1 atom stereocenters. The summed E-state index contributed by atoms with van der Waals surface area (Å²) < 4.78 is 10.7. The molecule has 1 unspecified atom stereocenters. The summed E-state index contributed by atoms with van der Waals surface area (Å²) in [5, 5.41) is 0. The second kappa shape index (κ2) is 4.84. The average molecular weight is 244 g/mol. The molecular formula is C15H16O3. The van der Waals surface area contributed by atoms with Crippen molar-refractivity contribution in [3.05, 3.63) is 29.8 Å². The molecule has 3 rings (SSSR count). The minimum absolute atomic E-state index is 0.311. The minimum Gasteiger partial charge on any atom is -0.454 e. The summed E-state index contributed by atoms with van der Waals surface area (Å²) in [6.45, 7) is 0.311. The van der Waals surface area contributed by atoms with E-state index in [1.165, 1.54) is 11.1 Å². The summed E-state index contributed by atoms with van der Waals surface area (Å²) in [6.07, 6.45) is 7.24. The van der Waals surface area contributed by atoms with Gasteiger partial charge in [0, 0.05) is 6.42 Å². The van der Waals surface area contributed by atoms with Crippen molar-refractivity contribution in [1.82, 2.24) is 0 Å². The van der Waals surface area contributed by atoms with Crippen LogP contribution in [-0.2, 0) is 4.79 Å². The van der Waals surface area contributed by atoms with Crippen LogP contribution in [0.2, 0.25) is 0 Å². The lowest BCUT2D eigenvalue weighted by Crippen LogP contribution is -2.04. The summed E-state index contributed by atoms with van der Waals surface area (Å²) in [6, 6.07) is 6.07. The zero-order chi connectivity index (χ0) is 12.4. The van der Waals surface area contributed by atoms with Gasteiger partial charge in [-0.3, -0.25) is 0 Å². The first-order valence-corrected chi connectivity index (χ1v) is 6.41. The van der Waals surface area contributed by atoms with Crippen LogP contribution in [0.1, 0.15) is 31.2 Å². The van der Waals surface area contributed by atoms with Crippen LogP contribution in [0.25, 0.3) is 5.57 Å². The predicted molar refractivity (Wildman–Crippen MR) is 68.6 cm³/mol. The van der Waals surface area contributed by atoms with Gasteiger partial charge in [-0.05, 0) is 48.4 Å². The fraction of sp³-hybridized carbons (Fsp3) is 0.400. The highest BCUT2D eigenvalue weighted by Gasteiger charge is 2.18. The summed E-state index contributed by atoms with van der Waals surface area (Å²) in [4.78, 5) is 10.6. The lowest BCUT2D eigenvalue weighted by atomic mass is 9.86. The molecule has 0 radical (unpaired) electrons. The number of aldehydes is 1. The summed E-state index contributed by atoms with van der Waals surface area (Å²) >= 11 is 0. The molecule has 0 aromatic heterocycles. The lowest BCUT2D eigenvalue weighted by molar-refractivity contribution is -0.108. The van der Waals surface area contributed by atoms with Crippen LogP contribution in [-0.4, -0.2) is 13.1 Å². The third-order valence-electron chi connectivity index (χ3n) is 3.60. The van der Waals surface area contributed by atoms with Gasteiger partial charge in [0.2, 0.25) is 6.79 Å². The first-order valence-electron chi connectivity index (χ1n) is 6.41. The standard InChI is InChI=1S/C15H16O3/c16-7-6-11-2-1-3-12(8-11)13-4-5-14-15(9-13)18-10-17-14/h4-5,7-9,11H,1-3,6,10H2. The van der Waals surface area contributed by atoms with Crippen LogP contribution in [0.5, 0.6) is 11.5 Å². The number of ether oxygens (including phenoxy) is 2. The molecule has 0 saturated carbocycles. The first-order chi connectivity index (χ1) is 8.86. The quantitative estimate of drug-likeness (QED) is 0.766. The number of hydrogen-bond acceptors (Lipinski definition) is 3. The van der Waals surface area contributed by atoms with Gasteiger partial charge in [0.25, 0.3) is 0 Å². The zero-order valence-corrected chi connectivity index (χ0v) is 10.2. The van der Waals surface area contributed by atoms with Crippen molar-refractivity contribution in [2.24, 2.45) is 5.92 Å². The molecule has 18 heavy (non-hydrogen) atoms. The normalized spacial score (nSPS) is 21.6. The van der Waals surface area contributed by atoms with Crippen LogP contribution < -0.4 is 9.47 Å². The third-order valence-corrected chi connectivity index (χ3v) is 3.60. The predicted octanol–water partition coefficient (Wildman–Crippen LogP) is 3.19. The molecule has 1 aliphatic carbocycles. The monoisotopic (exact) mass is 244 g/mol. The number of benzene rings is 1. The molecule has 3 heteroatoms. The zero-order valence-electron chi connectivity index (χ0n) is 10.2. The Hall–Kier alpha value is -1.77. The molecule has 0 spiro atoms. The minimum atomic E-state index is 0.311. The fourth-order valence-corrected chi connectivity index (χ4v) is 2.65. The van der Waals surface area contributed by atoms with E-state index in [-0.39, 0.29) is 0 Å². The Balaban J connectivity index is 1.87. The molecule has 1 aromatic carbocycles.